The van der Waals surface area contributed by atoms with Crippen LogP contribution in [0.3, 0.4) is 0 Å². The van der Waals surface area contributed by atoms with Crippen LogP contribution in [0.1, 0.15) is 48.9 Å². The molecule has 0 spiro atoms. The minimum Gasteiger partial charge on any atom is -0.491 e. The van der Waals surface area contributed by atoms with Gasteiger partial charge in [-0.2, -0.15) is 0 Å². The highest BCUT2D eigenvalue weighted by Crippen LogP contribution is 2.36. The van der Waals surface area contributed by atoms with Crippen LogP contribution in [0.15, 0.2) is 73.6 Å². The summed E-state index contributed by atoms with van der Waals surface area (Å²) in [7, 11) is 0. The molecule has 9 heteroatoms. The number of nitrogens with two attached hydrogens (primary N) is 1. The van der Waals surface area contributed by atoms with Crippen LogP contribution in [0.4, 0.5) is 11.5 Å². The van der Waals surface area contributed by atoms with Crippen molar-refractivity contribution in [3.05, 3.63) is 85.0 Å². The number of hydrogen-bond donors (Lipinski definition) is 2. The SMILES string of the molecule is C=CC(=O)N1CCC[C@H]1c1nc(-c2cccc(C(=O)Nc3ccc(OC(C)C)cc3)c2)c2c(N)nccn12. The molecule has 2 aromatic carbocycles. The van der Waals surface area contributed by atoms with Crippen molar-refractivity contribution in [1.29, 1.82) is 0 Å². The first kappa shape index (κ1) is 25.0. The van der Waals surface area contributed by atoms with E-state index in [0.717, 1.165) is 24.2 Å². The van der Waals surface area contributed by atoms with Crippen molar-refractivity contribution < 1.29 is 14.3 Å². The number of rotatable bonds is 7. The number of carbonyl (C=O) groups excluding carboxylic acids is 2. The van der Waals surface area contributed by atoms with Crippen LogP contribution in [-0.2, 0) is 4.79 Å². The quantitative estimate of drug-likeness (QED) is 0.343. The Morgan fingerprint density at radius 1 is 1.21 bits per heavy atom. The first-order valence-corrected chi connectivity index (χ1v) is 12.6. The number of hydrogen-bond acceptors (Lipinski definition) is 6. The largest absolute Gasteiger partial charge is 0.491 e. The third kappa shape index (κ3) is 4.82. The molecule has 9 nitrogen and oxygen atoms in total. The third-order valence-corrected chi connectivity index (χ3v) is 6.50. The lowest BCUT2D eigenvalue weighted by molar-refractivity contribution is -0.127. The van der Waals surface area contributed by atoms with E-state index < -0.39 is 0 Å². The summed E-state index contributed by atoms with van der Waals surface area (Å²) in [5.74, 6) is 1.38. The topological polar surface area (TPSA) is 115 Å². The van der Waals surface area contributed by atoms with Gasteiger partial charge in [-0.1, -0.05) is 18.7 Å². The molecule has 1 aliphatic rings. The van der Waals surface area contributed by atoms with Crippen molar-refractivity contribution in [2.24, 2.45) is 0 Å². The van der Waals surface area contributed by atoms with E-state index in [0.29, 0.717) is 40.6 Å². The Bertz CT molecular complexity index is 1510. The second-order valence-corrected chi connectivity index (χ2v) is 9.47. The van der Waals surface area contributed by atoms with Gasteiger partial charge in [0, 0.05) is 35.8 Å². The van der Waals surface area contributed by atoms with E-state index >= 15 is 0 Å². The number of nitrogens with one attached hydrogen (secondary N) is 1. The number of carbonyl (C=O) groups is 2. The second kappa shape index (κ2) is 10.4. The molecular formula is C29H30N6O3. The van der Waals surface area contributed by atoms with Crippen molar-refractivity contribution >= 4 is 28.8 Å². The highest BCUT2D eigenvalue weighted by atomic mass is 16.5. The minimum absolute atomic E-state index is 0.0705. The van der Waals surface area contributed by atoms with Gasteiger partial charge in [-0.25, -0.2) is 9.97 Å². The van der Waals surface area contributed by atoms with Gasteiger partial charge in [0.25, 0.3) is 5.91 Å². The predicted octanol–water partition coefficient (Wildman–Crippen LogP) is 4.87. The summed E-state index contributed by atoms with van der Waals surface area (Å²) in [6.45, 7) is 8.20. The highest BCUT2D eigenvalue weighted by Gasteiger charge is 2.33. The van der Waals surface area contributed by atoms with Gasteiger partial charge in [-0.3, -0.25) is 14.0 Å². The third-order valence-electron chi connectivity index (χ3n) is 6.50. The van der Waals surface area contributed by atoms with Crippen LogP contribution in [-0.4, -0.2) is 43.7 Å². The van der Waals surface area contributed by atoms with Gasteiger partial charge < -0.3 is 20.7 Å². The second-order valence-electron chi connectivity index (χ2n) is 9.47. The zero-order chi connectivity index (χ0) is 26.8. The first-order valence-electron chi connectivity index (χ1n) is 12.6. The monoisotopic (exact) mass is 510 g/mol. The number of imidazole rings is 1. The number of likely N-dealkylation sites (tertiary alicyclic amines) is 1. The maximum atomic E-state index is 13.1. The van der Waals surface area contributed by atoms with Gasteiger partial charge in [0.05, 0.1) is 12.1 Å². The molecule has 1 saturated heterocycles. The first-order chi connectivity index (χ1) is 18.4. The summed E-state index contributed by atoms with van der Waals surface area (Å²) < 4.78 is 7.56. The molecular weight excluding hydrogens is 480 g/mol. The molecule has 3 heterocycles. The molecule has 0 bridgehead atoms. The average molecular weight is 511 g/mol. The normalized spacial score (nSPS) is 15.1. The summed E-state index contributed by atoms with van der Waals surface area (Å²) >= 11 is 0. The zero-order valence-electron chi connectivity index (χ0n) is 21.4. The van der Waals surface area contributed by atoms with Crippen LogP contribution in [0.25, 0.3) is 16.8 Å². The van der Waals surface area contributed by atoms with Crippen molar-refractivity contribution in [3.63, 3.8) is 0 Å². The average Bonchev–Trinajstić information content (AvgIpc) is 3.55. The molecule has 1 aliphatic heterocycles. The molecule has 2 amide bonds. The van der Waals surface area contributed by atoms with Gasteiger partial charge in [-0.05, 0) is 69.2 Å². The highest BCUT2D eigenvalue weighted by molar-refractivity contribution is 6.05. The van der Waals surface area contributed by atoms with Gasteiger partial charge in [0.2, 0.25) is 5.91 Å². The molecule has 0 aliphatic carbocycles. The van der Waals surface area contributed by atoms with E-state index in [1.807, 2.05) is 42.5 Å². The molecule has 194 valence electrons. The Hall–Kier alpha value is -4.66. The summed E-state index contributed by atoms with van der Waals surface area (Å²) in [6.07, 6.45) is 6.47. The Kier molecular flexibility index (Phi) is 6.83. The number of aromatic nitrogens is 3. The fraction of sp³-hybridized carbons (Fsp3) is 0.241. The van der Waals surface area contributed by atoms with E-state index in [1.54, 1.807) is 41.6 Å². The van der Waals surface area contributed by atoms with Crippen LogP contribution in [0.5, 0.6) is 5.75 Å². The lowest BCUT2D eigenvalue weighted by atomic mass is 10.1. The number of benzene rings is 2. The number of anilines is 2. The lowest BCUT2D eigenvalue weighted by Gasteiger charge is -2.22. The Morgan fingerprint density at radius 2 is 2.00 bits per heavy atom. The Balaban J connectivity index is 1.48. The summed E-state index contributed by atoms with van der Waals surface area (Å²) in [6, 6.07) is 14.3. The minimum atomic E-state index is -0.252. The molecule has 1 atom stereocenters. The summed E-state index contributed by atoms with van der Waals surface area (Å²) in [4.78, 5) is 36.6. The fourth-order valence-corrected chi connectivity index (χ4v) is 4.84. The standard InChI is InChI=1S/C29H30N6O3/c1-4-24(36)34-15-6-9-23(34)28-33-25(26-27(30)31-14-16-35(26)28)19-7-5-8-20(17-19)29(37)32-21-10-12-22(13-11-21)38-18(2)3/h4-5,7-8,10-14,16-18,23H,1,6,9,15H2,2-3H3,(H2,30,31)(H,32,37)/t23-/m0/s1. The lowest BCUT2D eigenvalue weighted by Crippen LogP contribution is -2.29. The van der Waals surface area contributed by atoms with Crippen LogP contribution in [0, 0.1) is 0 Å². The molecule has 0 radical (unpaired) electrons. The smallest absolute Gasteiger partial charge is 0.255 e. The van der Waals surface area contributed by atoms with Gasteiger partial charge in [0.15, 0.2) is 0 Å². The Morgan fingerprint density at radius 3 is 2.74 bits per heavy atom. The van der Waals surface area contributed by atoms with Gasteiger partial charge in [-0.15, -0.1) is 0 Å². The number of nitrogen functional groups attached to an aromatic ring is 1. The van der Waals surface area contributed by atoms with Crippen LogP contribution in [0.2, 0.25) is 0 Å². The van der Waals surface area contributed by atoms with E-state index in [-0.39, 0.29) is 24.0 Å². The van der Waals surface area contributed by atoms with Gasteiger partial charge >= 0.3 is 0 Å². The maximum absolute atomic E-state index is 13.1. The van der Waals surface area contributed by atoms with E-state index in [1.165, 1.54) is 6.08 Å². The number of fused-ring (bicyclic) bond motifs is 1. The molecule has 38 heavy (non-hydrogen) atoms. The molecule has 5 rings (SSSR count). The van der Waals surface area contributed by atoms with Crippen LogP contribution < -0.4 is 15.8 Å². The zero-order valence-corrected chi connectivity index (χ0v) is 21.4. The van der Waals surface area contributed by atoms with Crippen molar-refractivity contribution in [2.75, 3.05) is 17.6 Å². The van der Waals surface area contributed by atoms with E-state index in [4.69, 9.17) is 15.5 Å². The van der Waals surface area contributed by atoms with E-state index in [9.17, 15) is 9.59 Å². The Labute approximate surface area is 221 Å². The molecule has 2 aromatic heterocycles. The number of amides is 2. The molecule has 1 fully saturated rings. The van der Waals surface area contributed by atoms with Crippen LogP contribution >= 0.6 is 0 Å². The van der Waals surface area contributed by atoms with E-state index in [2.05, 4.69) is 16.9 Å². The maximum Gasteiger partial charge on any atom is 0.255 e. The van der Waals surface area contributed by atoms with Crippen molar-refractivity contribution in [1.82, 2.24) is 19.3 Å². The van der Waals surface area contributed by atoms with Crippen molar-refractivity contribution in [2.45, 2.75) is 38.8 Å². The summed E-state index contributed by atoms with van der Waals surface area (Å²) in [5, 5.41) is 2.93. The van der Waals surface area contributed by atoms with Gasteiger partial charge in [0.1, 0.15) is 28.6 Å². The molecule has 3 N–H and O–H groups in total. The predicted molar refractivity (Wildman–Crippen MR) is 147 cm³/mol. The molecule has 0 saturated carbocycles. The molecule has 0 unspecified atom stereocenters. The fourth-order valence-electron chi connectivity index (χ4n) is 4.84. The molecule has 4 aromatic rings. The summed E-state index contributed by atoms with van der Waals surface area (Å²) in [5.41, 5.74) is 9.41. The van der Waals surface area contributed by atoms with Crippen molar-refractivity contribution in [3.8, 4) is 17.0 Å². The number of nitrogens with zero attached hydrogens (tertiary/aromatic N) is 4. The number of ether oxygens (including phenoxy) is 1.